The van der Waals surface area contributed by atoms with Crippen LogP contribution in [0.5, 0.6) is 0 Å². The van der Waals surface area contributed by atoms with Crippen LogP contribution in [-0.4, -0.2) is 31.7 Å². The molecule has 0 aliphatic heterocycles. The highest BCUT2D eigenvalue weighted by Crippen LogP contribution is 2.22. The van der Waals surface area contributed by atoms with Gasteiger partial charge in [0, 0.05) is 35.0 Å². The van der Waals surface area contributed by atoms with Crippen molar-refractivity contribution in [1.29, 1.82) is 0 Å². The predicted molar refractivity (Wildman–Crippen MR) is 149 cm³/mol. The van der Waals surface area contributed by atoms with E-state index in [2.05, 4.69) is 25.6 Å². The number of nitrogens with zero attached hydrogens (tertiary/aromatic N) is 3. The second-order valence-corrected chi connectivity index (χ2v) is 8.70. The van der Waals surface area contributed by atoms with Crippen molar-refractivity contribution < 1.29 is 14.5 Å². The maximum absolute atomic E-state index is 13.1. The fourth-order valence-electron chi connectivity index (χ4n) is 3.94. The van der Waals surface area contributed by atoms with Crippen molar-refractivity contribution in [3.05, 3.63) is 118 Å². The Balaban J connectivity index is 1.28. The highest BCUT2D eigenvalue weighted by Gasteiger charge is 2.13. The van der Waals surface area contributed by atoms with Crippen molar-refractivity contribution >= 4 is 46.1 Å². The lowest BCUT2D eigenvalue weighted by molar-refractivity contribution is -0.384. The molecule has 0 spiro atoms. The molecular formula is C29H22N6O4. The van der Waals surface area contributed by atoms with Crippen LogP contribution in [0.3, 0.4) is 0 Å². The summed E-state index contributed by atoms with van der Waals surface area (Å²) in [5.41, 5.74) is 4.59. The number of anilines is 2. The van der Waals surface area contributed by atoms with Gasteiger partial charge in [0.2, 0.25) is 5.91 Å². The average molecular weight is 519 g/mol. The van der Waals surface area contributed by atoms with Crippen LogP contribution in [0.1, 0.15) is 21.5 Å². The van der Waals surface area contributed by atoms with Gasteiger partial charge in [0.15, 0.2) is 5.65 Å². The molecule has 10 heteroatoms. The topological polar surface area (TPSA) is 143 Å². The summed E-state index contributed by atoms with van der Waals surface area (Å²) in [5.74, 6) is -0.129. The van der Waals surface area contributed by atoms with Gasteiger partial charge in [0.25, 0.3) is 11.6 Å². The fraction of sp³-hybridized carbons (Fsp3) is 0.0345. The van der Waals surface area contributed by atoms with Gasteiger partial charge in [-0.3, -0.25) is 19.7 Å². The molecule has 2 heterocycles. The van der Waals surface area contributed by atoms with E-state index in [9.17, 15) is 19.7 Å². The van der Waals surface area contributed by atoms with E-state index >= 15 is 0 Å². The first kappa shape index (κ1) is 25.0. The minimum atomic E-state index is -0.499. The molecule has 0 saturated carbocycles. The molecule has 2 amide bonds. The SMILES string of the molecule is Cc1ccc(NC(=O)/C=C/c2cccc([N+](=O)[O-])c2)cc1C(=O)Nc1cnc2[nH]c(-c3ccccc3)nc2c1. The Kier molecular flexibility index (Phi) is 6.91. The van der Waals surface area contributed by atoms with Crippen LogP contribution in [-0.2, 0) is 4.79 Å². The van der Waals surface area contributed by atoms with Gasteiger partial charge in [-0.15, -0.1) is 0 Å². The average Bonchev–Trinajstić information content (AvgIpc) is 3.37. The number of nitro benzene ring substituents is 1. The molecule has 192 valence electrons. The summed E-state index contributed by atoms with van der Waals surface area (Å²) in [4.78, 5) is 48.1. The van der Waals surface area contributed by atoms with Crippen molar-refractivity contribution in [2.45, 2.75) is 6.92 Å². The van der Waals surface area contributed by atoms with Gasteiger partial charge in [0.05, 0.1) is 16.8 Å². The maximum atomic E-state index is 13.1. The van der Waals surface area contributed by atoms with E-state index in [1.165, 1.54) is 24.3 Å². The molecule has 39 heavy (non-hydrogen) atoms. The predicted octanol–water partition coefficient (Wildman–Crippen LogP) is 5.75. The molecule has 10 nitrogen and oxygen atoms in total. The molecule has 3 N–H and O–H groups in total. The summed E-state index contributed by atoms with van der Waals surface area (Å²) in [5, 5.41) is 16.5. The zero-order valence-corrected chi connectivity index (χ0v) is 20.7. The summed E-state index contributed by atoms with van der Waals surface area (Å²) >= 11 is 0. The smallest absolute Gasteiger partial charge is 0.270 e. The Bertz CT molecular complexity index is 1740. The van der Waals surface area contributed by atoms with Gasteiger partial charge >= 0.3 is 0 Å². The van der Waals surface area contributed by atoms with Crippen molar-refractivity contribution in [3.63, 3.8) is 0 Å². The van der Waals surface area contributed by atoms with E-state index < -0.39 is 10.8 Å². The third-order valence-electron chi connectivity index (χ3n) is 5.90. The van der Waals surface area contributed by atoms with Gasteiger partial charge in [-0.05, 0) is 42.3 Å². The number of amides is 2. The number of aromatic nitrogens is 3. The van der Waals surface area contributed by atoms with E-state index in [0.29, 0.717) is 39.5 Å². The fourth-order valence-corrected chi connectivity index (χ4v) is 3.94. The normalized spacial score (nSPS) is 11.0. The lowest BCUT2D eigenvalue weighted by Gasteiger charge is -2.10. The number of nitro groups is 1. The third kappa shape index (κ3) is 5.86. The van der Waals surface area contributed by atoms with E-state index in [1.807, 2.05) is 30.3 Å². The molecule has 2 aromatic heterocycles. The number of H-pyrrole nitrogens is 1. The number of carbonyl (C=O) groups excluding carboxylic acids is 2. The van der Waals surface area contributed by atoms with Gasteiger partial charge in [0.1, 0.15) is 11.3 Å². The lowest BCUT2D eigenvalue weighted by atomic mass is 10.1. The number of fused-ring (bicyclic) bond motifs is 1. The van der Waals surface area contributed by atoms with E-state index in [1.54, 1.807) is 49.5 Å². The van der Waals surface area contributed by atoms with E-state index in [4.69, 9.17) is 0 Å². The van der Waals surface area contributed by atoms with Gasteiger partial charge in [-0.1, -0.05) is 48.5 Å². The first-order valence-electron chi connectivity index (χ1n) is 11.9. The second-order valence-electron chi connectivity index (χ2n) is 8.70. The summed E-state index contributed by atoms with van der Waals surface area (Å²) in [6.07, 6.45) is 4.30. The van der Waals surface area contributed by atoms with Crippen LogP contribution in [0.2, 0.25) is 0 Å². The molecule has 0 fully saturated rings. The summed E-state index contributed by atoms with van der Waals surface area (Å²) in [6, 6.07) is 22.4. The number of hydrogen-bond donors (Lipinski definition) is 3. The minimum absolute atomic E-state index is 0.0648. The number of pyridine rings is 1. The molecule has 0 bridgehead atoms. The second kappa shape index (κ2) is 10.8. The molecule has 5 rings (SSSR count). The van der Waals surface area contributed by atoms with Gasteiger partial charge in [-0.25, -0.2) is 9.97 Å². The molecule has 0 aliphatic carbocycles. The van der Waals surface area contributed by atoms with Crippen LogP contribution in [0.4, 0.5) is 17.1 Å². The van der Waals surface area contributed by atoms with E-state index in [-0.39, 0.29) is 11.6 Å². The molecule has 5 aromatic rings. The molecule has 3 aromatic carbocycles. The van der Waals surface area contributed by atoms with Crippen LogP contribution >= 0.6 is 0 Å². The Labute approximate surface area is 222 Å². The molecule has 0 saturated heterocycles. The standard InChI is InChI=1S/C29H22N6O4/c1-18-10-12-21(31-26(36)13-11-19-6-5-9-23(14-19)35(38)39)15-24(18)29(37)32-22-16-25-28(30-17-22)34-27(33-25)20-7-3-2-4-8-20/h2-17H,1H3,(H,31,36)(H,32,37)(H,30,33,34)/b13-11+. The zero-order valence-electron chi connectivity index (χ0n) is 20.7. The third-order valence-corrected chi connectivity index (χ3v) is 5.90. The maximum Gasteiger partial charge on any atom is 0.270 e. The number of benzene rings is 3. The largest absolute Gasteiger partial charge is 0.323 e. The van der Waals surface area contributed by atoms with Crippen molar-refractivity contribution in [1.82, 2.24) is 15.0 Å². The van der Waals surface area contributed by atoms with Crippen LogP contribution in [0.25, 0.3) is 28.6 Å². The van der Waals surface area contributed by atoms with Crippen molar-refractivity contribution in [2.24, 2.45) is 0 Å². The number of carbonyl (C=O) groups is 2. The Hall–Kier alpha value is -5.64. The van der Waals surface area contributed by atoms with Crippen LogP contribution < -0.4 is 10.6 Å². The number of rotatable bonds is 7. The molecular weight excluding hydrogens is 496 g/mol. The molecule has 0 aliphatic rings. The lowest BCUT2D eigenvalue weighted by Crippen LogP contribution is -2.15. The first-order chi connectivity index (χ1) is 18.9. The minimum Gasteiger partial charge on any atom is -0.323 e. The number of imidazole rings is 1. The highest BCUT2D eigenvalue weighted by molar-refractivity contribution is 6.07. The molecule has 0 radical (unpaired) electrons. The van der Waals surface area contributed by atoms with Gasteiger partial charge in [-0.2, -0.15) is 0 Å². The monoisotopic (exact) mass is 518 g/mol. The summed E-state index contributed by atoms with van der Waals surface area (Å²) < 4.78 is 0. The van der Waals surface area contributed by atoms with Gasteiger partial charge < -0.3 is 15.6 Å². The van der Waals surface area contributed by atoms with Crippen LogP contribution in [0, 0.1) is 17.0 Å². The Morgan fingerprint density at radius 3 is 2.56 bits per heavy atom. The Morgan fingerprint density at radius 1 is 0.949 bits per heavy atom. The number of nitrogens with one attached hydrogen (secondary N) is 3. The van der Waals surface area contributed by atoms with Crippen LogP contribution in [0.15, 0.2) is 91.1 Å². The Morgan fingerprint density at radius 2 is 1.77 bits per heavy atom. The number of hydrogen-bond acceptors (Lipinski definition) is 6. The number of aromatic amines is 1. The molecule has 0 unspecified atom stereocenters. The highest BCUT2D eigenvalue weighted by atomic mass is 16.6. The number of aryl methyl sites for hydroxylation is 1. The summed E-state index contributed by atoms with van der Waals surface area (Å²) in [7, 11) is 0. The van der Waals surface area contributed by atoms with Crippen molar-refractivity contribution in [3.8, 4) is 11.4 Å². The van der Waals surface area contributed by atoms with Crippen molar-refractivity contribution in [2.75, 3.05) is 10.6 Å². The summed E-state index contributed by atoms with van der Waals surface area (Å²) in [6.45, 7) is 1.80. The number of non-ortho nitro benzene ring substituents is 1. The zero-order chi connectivity index (χ0) is 27.4. The van der Waals surface area contributed by atoms with E-state index in [0.717, 1.165) is 11.1 Å². The first-order valence-corrected chi connectivity index (χ1v) is 11.9. The molecule has 0 atom stereocenters. The quantitative estimate of drug-likeness (QED) is 0.142.